The van der Waals surface area contributed by atoms with Crippen LogP contribution in [0.25, 0.3) is 0 Å². The lowest BCUT2D eigenvalue weighted by Crippen LogP contribution is -2.22. The minimum Gasteiger partial charge on any atom is -0.330 e. The van der Waals surface area contributed by atoms with Crippen LogP contribution in [0.3, 0.4) is 0 Å². The molecule has 1 aliphatic carbocycles. The lowest BCUT2D eigenvalue weighted by Gasteiger charge is -2.26. The van der Waals surface area contributed by atoms with Gasteiger partial charge in [0.05, 0.1) is 6.33 Å². The average Bonchev–Trinajstić information content (AvgIpc) is 2.90. The number of nitrogens with two attached hydrogens (primary N) is 1. The van der Waals surface area contributed by atoms with Crippen molar-refractivity contribution in [3.05, 3.63) is 18.2 Å². The Morgan fingerprint density at radius 3 is 2.83 bits per heavy atom. The summed E-state index contributed by atoms with van der Waals surface area (Å²) in [6.45, 7) is 2.97. The number of imidazole rings is 1. The van der Waals surface area contributed by atoms with Gasteiger partial charge >= 0.3 is 0 Å². The molecule has 1 atom stereocenters. The molecule has 0 bridgehead atoms. The monoisotopic (exact) mass is 249 g/mol. The van der Waals surface area contributed by atoms with Crippen molar-refractivity contribution in [2.45, 2.75) is 70.3 Å². The summed E-state index contributed by atoms with van der Waals surface area (Å²) in [4.78, 5) is 4.38. The van der Waals surface area contributed by atoms with Crippen molar-refractivity contribution in [2.75, 3.05) is 6.54 Å². The Kier molecular flexibility index (Phi) is 5.24. The Balaban J connectivity index is 2.09. The van der Waals surface area contributed by atoms with Gasteiger partial charge in [-0.1, -0.05) is 39.0 Å². The smallest absolute Gasteiger partial charge is 0.0951 e. The molecule has 2 rings (SSSR count). The minimum absolute atomic E-state index is 0.448. The molecule has 2 N–H and O–H groups in total. The number of nitrogens with zero attached hydrogens (tertiary/aromatic N) is 2. The predicted molar refractivity (Wildman–Crippen MR) is 75.7 cm³/mol. The van der Waals surface area contributed by atoms with Crippen molar-refractivity contribution in [3.8, 4) is 0 Å². The lowest BCUT2D eigenvalue weighted by atomic mass is 9.87. The first-order valence-electron chi connectivity index (χ1n) is 7.58. The van der Waals surface area contributed by atoms with Gasteiger partial charge in [0.1, 0.15) is 0 Å². The lowest BCUT2D eigenvalue weighted by molar-refractivity contribution is 0.390. The van der Waals surface area contributed by atoms with Crippen molar-refractivity contribution in [2.24, 2.45) is 5.73 Å². The summed E-state index contributed by atoms with van der Waals surface area (Å²) in [7, 11) is 0. The molecular formula is C15H27N3. The van der Waals surface area contributed by atoms with Crippen LogP contribution >= 0.6 is 0 Å². The van der Waals surface area contributed by atoms with Gasteiger partial charge in [0.15, 0.2) is 0 Å². The van der Waals surface area contributed by atoms with E-state index in [1.165, 1.54) is 57.1 Å². The molecule has 1 heterocycles. The molecule has 0 aliphatic heterocycles. The van der Waals surface area contributed by atoms with Gasteiger partial charge in [-0.05, 0) is 19.3 Å². The van der Waals surface area contributed by atoms with E-state index in [0.717, 1.165) is 12.5 Å². The van der Waals surface area contributed by atoms with Crippen molar-refractivity contribution in [1.82, 2.24) is 9.55 Å². The van der Waals surface area contributed by atoms with E-state index >= 15 is 0 Å². The maximum Gasteiger partial charge on any atom is 0.0951 e. The first-order chi connectivity index (χ1) is 8.86. The van der Waals surface area contributed by atoms with Gasteiger partial charge in [-0.15, -0.1) is 0 Å². The normalized spacial score (nSPS) is 19.0. The summed E-state index contributed by atoms with van der Waals surface area (Å²) >= 11 is 0. The van der Waals surface area contributed by atoms with E-state index in [-0.39, 0.29) is 0 Å². The molecule has 1 aromatic heterocycles. The summed E-state index contributed by atoms with van der Waals surface area (Å²) < 4.78 is 2.37. The van der Waals surface area contributed by atoms with Crippen LogP contribution in [-0.4, -0.2) is 16.1 Å². The third-order valence-electron chi connectivity index (χ3n) is 4.28. The quantitative estimate of drug-likeness (QED) is 0.836. The highest BCUT2D eigenvalue weighted by Crippen LogP contribution is 2.33. The van der Waals surface area contributed by atoms with Gasteiger partial charge in [-0.25, -0.2) is 4.98 Å². The maximum atomic E-state index is 5.95. The Morgan fingerprint density at radius 1 is 1.39 bits per heavy atom. The number of aromatic nitrogens is 2. The third-order valence-corrected chi connectivity index (χ3v) is 4.28. The fraction of sp³-hybridized carbons (Fsp3) is 0.800. The number of rotatable bonds is 6. The van der Waals surface area contributed by atoms with E-state index in [4.69, 9.17) is 5.73 Å². The Bertz CT molecular complexity index is 339. The van der Waals surface area contributed by atoms with E-state index < -0.39 is 0 Å². The zero-order valence-electron chi connectivity index (χ0n) is 11.6. The van der Waals surface area contributed by atoms with E-state index in [0.29, 0.717) is 6.04 Å². The maximum absolute atomic E-state index is 5.95. The highest BCUT2D eigenvalue weighted by Gasteiger charge is 2.21. The largest absolute Gasteiger partial charge is 0.330 e. The SMILES string of the molecule is CCCCC(CN)n1cncc1C1CCCCC1. The van der Waals surface area contributed by atoms with Gasteiger partial charge in [0.2, 0.25) is 0 Å². The molecule has 0 spiro atoms. The van der Waals surface area contributed by atoms with Gasteiger partial charge in [0.25, 0.3) is 0 Å². The van der Waals surface area contributed by atoms with E-state index in [2.05, 4.69) is 22.7 Å². The van der Waals surface area contributed by atoms with Crippen LogP contribution in [0.2, 0.25) is 0 Å². The zero-order valence-corrected chi connectivity index (χ0v) is 11.6. The molecule has 3 nitrogen and oxygen atoms in total. The second-order valence-corrected chi connectivity index (χ2v) is 5.59. The number of hydrogen-bond acceptors (Lipinski definition) is 2. The second-order valence-electron chi connectivity index (χ2n) is 5.59. The van der Waals surface area contributed by atoms with Crippen molar-refractivity contribution >= 4 is 0 Å². The average molecular weight is 249 g/mol. The van der Waals surface area contributed by atoms with E-state index in [1.54, 1.807) is 0 Å². The highest BCUT2D eigenvalue weighted by molar-refractivity contribution is 5.09. The van der Waals surface area contributed by atoms with Gasteiger partial charge in [-0.3, -0.25) is 0 Å². The van der Waals surface area contributed by atoms with Gasteiger partial charge in [-0.2, -0.15) is 0 Å². The summed E-state index contributed by atoms with van der Waals surface area (Å²) in [5.41, 5.74) is 7.39. The fourth-order valence-corrected chi connectivity index (χ4v) is 3.14. The molecule has 1 aromatic rings. The molecule has 0 radical (unpaired) electrons. The predicted octanol–water partition coefficient (Wildman–Crippen LogP) is 3.62. The van der Waals surface area contributed by atoms with Crippen molar-refractivity contribution < 1.29 is 0 Å². The van der Waals surface area contributed by atoms with Crippen LogP contribution in [-0.2, 0) is 0 Å². The first-order valence-corrected chi connectivity index (χ1v) is 7.58. The van der Waals surface area contributed by atoms with Crippen LogP contribution in [0.1, 0.15) is 75.9 Å². The molecule has 1 saturated carbocycles. The van der Waals surface area contributed by atoms with Crippen LogP contribution in [0, 0.1) is 0 Å². The summed E-state index contributed by atoms with van der Waals surface area (Å²) in [6.07, 6.45) is 14.6. The molecule has 1 unspecified atom stereocenters. The summed E-state index contributed by atoms with van der Waals surface area (Å²) in [5, 5.41) is 0. The molecule has 1 aliphatic rings. The molecule has 18 heavy (non-hydrogen) atoms. The van der Waals surface area contributed by atoms with Crippen LogP contribution < -0.4 is 5.73 Å². The number of unbranched alkanes of at least 4 members (excludes halogenated alkanes) is 1. The Hall–Kier alpha value is -0.830. The molecule has 0 aromatic carbocycles. The summed E-state index contributed by atoms with van der Waals surface area (Å²) in [6, 6.07) is 0.448. The first kappa shape index (κ1) is 13.6. The fourth-order valence-electron chi connectivity index (χ4n) is 3.14. The Morgan fingerprint density at radius 2 is 2.17 bits per heavy atom. The standard InChI is InChI=1S/C15H27N3/c1-2-3-9-14(10-16)18-12-17-11-15(18)13-7-5-4-6-8-13/h11-14H,2-10,16H2,1H3. The van der Waals surface area contributed by atoms with Crippen LogP contribution in [0.15, 0.2) is 12.5 Å². The second kappa shape index (κ2) is 6.93. The van der Waals surface area contributed by atoms with Crippen molar-refractivity contribution in [1.29, 1.82) is 0 Å². The van der Waals surface area contributed by atoms with Crippen LogP contribution in [0.5, 0.6) is 0 Å². The Labute approximate surface area is 111 Å². The molecule has 3 heteroatoms. The third kappa shape index (κ3) is 3.14. The molecule has 1 fully saturated rings. The molecule has 0 saturated heterocycles. The summed E-state index contributed by atoms with van der Waals surface area (Å²) in [5.74, 6) is 0.719. The van der Waals surface area contributed by atoms with E-state index in [9.17, 15) is 0 Å². The minimum atomic E-state index is 0.448. The van der Waals surface area contributed by atoms with Gasteiger partial charge in [0, 0.05) is 30.4 Å². The highest BCUT2D eigenvalue weighted by atomic mass is 15.1. The topological polar surface area (TPSA) is 43.8 Å². The van der Waals surface area contributed by atoms with E-state index in [1.807, 2.05) is 6.33 Å². The molecule has 0 amide bonds. The number of hydrogen-bond donors (Lipinski definition) is 1. The van der Waals surface area contributed by atoms with Crippen LogP contribution in [0.4, 0.5) is 0 Å². The zero-order chi connectivity index (χ0) is 12.8. The van der Waals surface area contributed by atoms with Gasteiger partial charge < -0.3 is 10.3 Å². The molecule has 102 valence electrons. The molecular weight excluding hydrogens is 222 g/mol. The van der Waals surface area contributed by atoms with Crippen molar-refractivity contribution in [3.63, 3.8) is 0 Å².